The molecule has 9 amide bonds. The normalized spacial score (nSPS) is 20.2. The zero-order valence-electron chi connectivity index (χ0n) is 38.2. The zero-order chi connectivity index (χ0) is 52.4. The van der Waals surface area contributed by atoms with Gasteiger partial charge in [0.1, 0.15) is 30.2 Å². The van der Waals surface area contributed by atoms with Gasteiger partial charge in [-0.05, 0) is 58.8 Å². The Morgan fingerprint density at radius 2 is 0.928 bits per heavy atom. The molecule has 0 aromatic heterocycles. The van der Waals surface area contributed by atoms with Gasteiger partial charge in [0, 0.05) is 37.9 Å². The molecule has 28 nitrogen and oxygen atoms in total. The van der Waals surface area contributed by atoms with Crippen LogP contribution in [0.15, 0.2) is 35.5 Å². The molecule has 5 unspecified atom stereocenters. The number of carboxylic acid groups (broad SMARTS) is 3. The Morgan fingerprint density at radius 3 is 1.32 bits per heavy atom. The molecule has 0 bridgehead atoms. The highest BCUT2D eigenvalue weighted by Gasteiger charge is 2.33. The largest absolute Gasteiger partial charge is 0.481 e. The van der Waals surface area contributed by atoms with Crippen molar-refractivity contribution in [3.63, 3.8) is 0 Å². The van der Waals surface area contributed by atoms with Crippen LogP contribution < -0.4 is 31.9 Å². The molecule has 1 rings (SSSR count). The van der Waals surface area contributed by atoms with E-state index < -0.39 is 166 Å². The Labute approximate surface area is 394 Å². The minimum absolute atomic E-state index is 0.0665. The lowest BCUT2D eigenvalue weighted by molar-refractivity contribution is -0.160. The first kappa shape index (κ1) is 59.7. The molecule has 1 saturated heterocycles. The van der Waals surface area contributed by atoms with Crippen LogP contribution in [0.25, 0.3) is 0 Å². The first-order valence-electron chi connectivity index (χ1n) is 21.5. The molecule has 28 heteroatoms. The van der Waals surface area contributed by atoms with Gasteiger partial charge in [0.2, 0.25) is 35.4 Å². The van der Waals surface area contributed by atoms with Crippen molar-refractivity contribution < 1.29 is 93.6 Å². The highest BCUT2D eigenvalue weighted by atomic mass is 16.5. The SMILES string of the molecule is CCC1NC(=O)C(CO)NC(=O)C(CCCN(O)C(=O)/C=C/CC(=O)O)NC(=O)C(CCCN(O)C(=O)/C=C(\C)CC(=O)O)NC(=O)C(CCCN(O)C(=O)/C=C(\C)CC(=O)O)NC(=O)CNC1=O. The van der Waals surface area contributed by atoms with Crippen molar-refractivity contribution in [2.75, 3.05) is 32.8 Å². The van der Waals surface area contributed by atoms with Gasteiger partial charge in [-0.3, -0.25) is 73.2 Å². The van der Waals surface area contributed by atoms with Crippen molar-refractivity contribution in [2.24, 2.45) is 0 Å². The molecule has 0 saturated carbocycles. The number of carbonyl (C=O) groups excluding carboxylic acids is 9. The van der Waals surface area contributed by atoms with Crippen LogP contribution in [0.4, 0.5) is 0 Å². The highest BCUT2D eigenvalue weighted by Crippen LogP contribution is 2.10. The topological polar surface area (TPSA) is 428 Å². The van der Waals surface area contributed by atoms with Gasteiger partial charge in [-0.15, -0.1) is 0 Å². The summed E-state index contributed by atoms with van der Waals surface area (Å²) >= 11 is 0. The van der Waals surface area contributed by atoms with Crippen LogP contribution in [-0.2, 0) is 57.5 Å². The van der Waals surface area contributed by atoms with Crippen LogP contribution in [0.2, 0.25) is 0 Å². The van der Waals surface area contributed by atoms with E-state index in [2.05, 4.69) is 31.9 Å². The second-order valence-electron chi connectivity index (χ2n) is 15.6. The average molecular weight is 984 g/mol. The maximum atomic E-state index is 14.1. The smallest absolute Gasteiger partial charge is 0.307 e. The van der Waals surface area contributed by atoms with Gasteiger partial charge in [-0.25, -0.2) is 15.2 Å². The summed E-state index contributed by atoms with van der Waals surface area (Å²) in [5, 5.41) is 82.4. The summed E-state index contributed by atoms with van der Waals surface area (Å²) in [6.45, 7) is 0.810. The predicted molar refractivity (Wildman–Crippen MR) is 232 cm³/mol. The molecular weight excluding hydrogens is 922 g/mol. The average Bonchev–Trinajstić information content (AvgIpc) is 3.26. The van der Waals surface area contributed by atoms with Crippen LogP contribution in [0.5, 0.6) is 0 Å². The maximum Gasteiger partial charge on any atom is 0.307 e. The lowest BCUT2D eigenvalue weighted by Crippen LogP contribution is -2.60. The molecule has 1 fully saturated rings. The molecule has 0 aromatic carbocycles. The first-order valence-corrected chi connectivity index (χ1v) is 21.5. The van der Waals surface area contributed by atoms with E-state index in [4.69, 9.17) is 15.3 Å². The van der Waals surface area contributed by atoms with Crippen molar-refractivity contribution in [2.45, 2.75) is 115 Å². The Balaban J connectivity index is 3.70. The summed E-state index contributed by atoms with van der Waals surface area (Å²) in [7, 11) is 0. The number of hydrogen-bond acceptors (Lipinski definition) is 16. The number of hydroxylamine groups is 6. The summed E-state index contributed by atoms with van der Waals surface area (Å²) in [4.78, 5) is 152. The van der Waals surface area contributed by atoms with Gasteiger partial charge in [0.25, 0.3) is 17.7 Å². The van der Waals surface area contributed by atoms with E-state index in [0.717, 1.165) is 24.3 Å². The van der Waals surface area contributed by atoms with Crippen molar-refractivity contribution in [1.29, 1.82) is 0 Å². The summed E-state index contributed by atoms with van der Waals surface area (Å²) < 4.78 is 0. The molecule has 0 radical (unpaired) electrons. The third kappa shape index (κ3) is 23.8. The standard InChI is InChI=1S/C41H61N9O19/c1-4-25-37(62)42-21-30(52)43-26(9-6-15-49(68)32(54)17-23(2)19-35(58)59)38(63)45-27(11-8-16-50(69)33(55)18-24(3)20-36(60)61)39(64)46-28(40(65)47-29(22-51)41(66)44-25)10-7-14-48(67)31(53)12-5-13-34(56)57/h5,12,17-18,25-29,51,67-69H,4,6-11,13-16,19-22H2,1-3H3,(H,42,62)(H,43,52)(H,44,66)(H,45,63)(H,46,64)(H,47,65)(H,56,57)(H,58,59)(H,60,61)/b12-5+,23-17+,24-18+. The number of rotatable bonds is 23. The summed E-state index contributed by atoms with van der Waals surface area (Å²) in [5.41, 5.74) is 0.171. The summed E-state index contributed by atoms with van der Waals surface area (Å²) in [6, 6.07) is -8.07. The lowest BCUT2D eigenvalue weighted by Gasteiger charge is -2.28. The van der Waals surface area contributed by atoms with Gasteiger partial charge in [0.15, 0.2) is 0 Å². The fourth-order valence-electron chi connectivity index (χ4n) is 6.14. The lowest BCUT2D eigenvalue weighted by atomic mass is 10.0. The molecule has 13 N–H and O–H groups in total. The van der Waals surface area contributed by atoms with Gasteiger partial charge in [0.05, 0.1) is 32.4 Å². The first-order chi connectivity index (χ1) is 32.4. The third-order valence-electron chi connectivity index (χ3n) is 9.70. The number of amides is 9. The number of nitrogens with one attached hydrogen (secondary N) is 6. The number of nitrogens with zero attached hydrogens (tertiary/aromatic N) is 3. The number of aliphatic hydroxyl groups is 1. The molecule has 0 aliphatic carbocycles. The minimum Gasteiger partial charge on any atom is -0.481 e. The van der Waals surface area contributed by atoms with Crippen LogP contribution >= 0.6 is 0 Å². The van der Waals surface area contributed by atoms with Gasteiger partial charge >= 0.3 is 17.9 Å². The Hall–Kier alpha value is -7.30. The van der Waals surface area contributed by atoms with E-state index in [9.17, 15) is 78.3 Å². The molecule has 1 aliphatic rings. The Bertz CT molecular complexity index is 1990. The van der Waals surface area contributed by atoms with Crippen LogP contribution in [0, 0.1) is 0 Å². The van der Waals surface area contributed by atoms with E-state index >= 15 is 0 Å². The number of carbonyl (C=O) groups is 12. The quantitative estimate of drug-likeness (QED) is 0.0272. The van der Waals surface area contributed by atoms with Crippen molar-refractivity contribution in [3.8, 4) is 0 Å². The summed E-state index contributed by atoms with van der Waals surface area (Å²) in [6.07, 6.45) is -0.227. The van der Waals surface area contributed by atoms with E-state index in [0.29, 0.717) is 0 Å². The Morgan fingerprint density at radius 1 is 0.551 bits per heavy atom. The van der Waals surface area contributed by atoms with Gasteiger partial charge in [-0.1, -0.05) is 24.1 Å². The van der Waals surface area contributed by atoms with Crippen LogP contribution in [0.1, 0.15) is 85.0 Å². The number of aliphatic carboxylic acids is 3. The van der Waals surface area contributed by atoms with Crippen molar-refractivity contribution >= 4 is 71.1 Å². The monoisotopic (exact) mass is 983 g/mol. The molecule has 1 aliphatic heterocycles. The van der Waals surface area contributed by atoms with E-state index in [-0.39, 0.29) is 58.4 Å². The summed E-state index contributed by atoms with van der Waals surface area (Å²) in [5.74, 6) is -13.2. The highest BCUT2D eigenvalue weighted by molar-refractivity contribution is 5.98. The van der Waals surface area contributed by atoms with Crippen LogP contribution in [0.3, 0.4) is 0 Å². The third-order valence-corrected chi connectivity index (χ3v) is 9.70. The predicted octanol–water partition coefficient (Wildman–Crippen LogP) is -3.19. The molecule has 69 heavy (non-hydrogen) atoms. The zero-order valence-corrected chi connectivity index (χ0v) is 38.2. The molecular formula is C41H61N9O19. The maximum absolute atomic E-state index is 14.1. The van der Waals surface area contributed by atoms with Crippen LogP contribution in [-0.4, -0.2) is 185 Å². The van der Waals surface area contributed by atoms with Crippen molar-refractivity contribution in [3.05, 3.63) is 35.5 Å². The van der Waals surface area contributed by atoms with E-state index in [1.165, 1.54) is 20.8 Å². The Kier molecular flexibility index (Phi) is 26.7. The second-order valence-corrected chi connectivity index (χ2v) is 15.6. The fraction of sp³-hybridized carbons (Fsp3) is 0.561. The molecule has 5 atom stereocenters. The molecule has 0 aromatic rings. The number of hydrogen-bond donors (Lipinski definition) is 13. The molecule has 384 valence electrons. The van der Waals surface area contributed by atoms with E-state index in [1.807, 2.05) is 0 Å². The van der Waals surface area contributed by atoms with Gasteiger partial charge in [-0.2, -0.15) is 0 Å². The number of carboxylic acids is 3. The molecule has 0 spiro atoms. The van der Waals surface area contributed by atoms with Crippen molar-refractivity contribution in [1.82, 2.24) is 47.1 Å². The number of aliphatic hydroxyl groups excluding tert-OH is 1. The minimum atomic E-state index is -1.75. The second kappa shape index (κ2) is 30.9. The van der Waals surface area contributed by atoms with Gasteiger partial charge < -0.3 is 52.3 Å². The van der Waals surface area contributed by atoms with E-state index in [1.54, 1.807) is 0 Å². The fourth-order valence-corrected chi connectivity index (χ4v) is 6.14. The molecule has 1 heterocycles.